The summed E-state index contributed by atoms with van der Waals surface area (Å²) in [7, 11) is 1.87. The van der Waals surface area contributed by atoms with Crippen molar-refractivity contribution in [2.75, 3.05) is 25.5 Å². The van der Waals surface area contributed by atoms with E-state index in [2.05, 4.69) is 35.9 Å². The molecule has 0 fully saturated rings. The number of aryl methyl sites for hydroxylation is 1. The number of hydrogen-bond donors (Lipinski definition) is 3. The number of anilines is 1. The molecule has 0 saturated carbocycles. The molecule has 9 nitrogen and oxygen atoms in total. The number of pyridine rings is 1. The fraction of sp³-hybridized carbons (Fsp3) is 0.333. The van der Waals surface area contributed by atoms with Gasteiger partial charge in [-0.2, -0.15) is 0 Å². The van der Waals surface area contributed by atoms with Crippen molar-refractivity contribution >= 4 is 23.8 Å². The number of fused-ring (bicyclic) bond motifs is 1. The Labute approximate surface area is 185 Å². The van der Waals surface area contributed by atoms with E-state index in [1.807, 2.05) is 26.1 Å². The maximum Gasteiger partial charge on any atom is 0.233 e. The van der Waals surface area contributed by atoms with E-state index >= 15 is 0 Å². The standard InChI is InChI=1S/C21H24ClN7O2/c1-13-9-25-19(11-24-13)29-20-16-7-14(3-4-18(16)27-12-28-20)31-21-17(22)8-15(10-26-21)30-6-5-23-2/h3-4,8-12,14,18,23H,5-7H2,1-2H3,(H,25,29)(H,27,28). The van der Waals surface area contributed by atoms with E-state index in [4.69, 9.17) is 21.1 Å². The van der Waals surface area contributed by atoms with Crippen molar-refractivity contribution in [2.24, 2.45) is 4.99 Å². The molecule has 3 N–H and O–H groups in total. The minimum Gasteiger partial charge on any atom is -0.491 e. The van der Waals surface area contributed by atoms with Crippen molar-refractivity contribution in [3.63, 3.8) is 0 Å². The van der Waals surface area contributed by atoms with Gasteiger partial charge in [-0.15, -0.1) is 0 Å². The first kappa shape index (κ1) is 21.1. The smallest absolute Gasteiger partial charge is 0.233 e. The third-order valence-corrected chi connectivity index (χ3v) is 5.02. The summed E-state index contributed by atoms with van der Waals surface area (Å²) in [6.45, 7) is 3.17. The fourth-order valence-electron chi connectivity index (χ4n) is 3.19. The van der Waals surface area contributed by atoms with Crippen molar-refractivity contribution in [1.29, 1.82) is 0 Å². The van der Waals surface area contributed by atoms with Crippen molar-refractivity contribution in [3.05, 3.63) is 58.9 Å². The van der Waals surface area contributed by atoms with Crippen molar-refractivity contribution in [3.8, 4) is 11.6 Å². The van der Waals surface area contributed by atoms with Gasteiger partial charge in [0.2, 0.25) is 5.88 Å². The number of hydrogen-bond acceptors (Lipinski definition) is 9. The van der Waals surface area contributed by atoms with Crippen LogP contribution in [0.1, 0.15) is 12.1 Å². The van der Waals surface area contributed by atoms with Crippen molar-refractivity contribution in [1.82, 2.24) is 25.6 Å². The molecule has 2 aromatic rings. The number of nitrogens with zero attached hydrogens (tertiary/aromatic N) is 4. The summed E-state index contributed by atoms with van der Waals surface area (Å²) < 4.78 is 11.7. The third-order valence-electron chi connectivity index (χ3n) is 4.75. The Balaban J connectivity index is 1.46. The number of nitrogens with one attached hydrogen (secondary N) is 3. The maximum atomic E-state index is 6.36. The van der Waals surface area contributed by atoms with E-state index < -0.39 is 0 Å². The molecule has 0 radical (unpaired) electrons. The second-order valence-electron chi connectivity index (χ2n) is 7.09. The van der Waals surface area contributed by atoms with Crippen LogP contribution in [0.15, 0.2) is 53.2 Å². The molecule has 2 aromatic heterocycles. The molecule has 10 heteroatoms. The van der Waals surface area contributed by atoms with Crippen LogP contribution >= 0.6 is 11.6 Å². The summed E-state index contributed by atoms with van der Waals surface area (Å²) in [6, 6.07) is 1.65. The van der Waals surface area contributed by atoms with Crippen LogP contribution in [0, 0.1) is 6.92 Å². The highest BCUT2D eigenvalue weighted by Crippen LogP contribution is 2.31. The van der Waals surface area contributed by atoms with Gasteiger partial charge in [-0.3, -0.25) is 9.98 Å². The minimum atomic E-state index is -0.233. The highest BCUT2D eigenvalue weighted by atomic mass is 35.5. The van der Waals surface area contributed by atoms with Crippen LogP contribution in [-0.2, 0) is 0 Å². The number of likely N-dealkylation sites (N-methyl/N-ethyl adjacent to an activating group) is 1. The highest BCUT2D eigenvalue weighted by Gasteiger charge is 2.27. The molecular weight excluding hydrogens is 418 g/mol. The Morgan fingerprint density at radius 2 is 2.10 bits per heavy atom. The Kier molecular flexibility index (Phi) is 6.63. The molecule has 162 valence electrons. The largest absolute Gasteiger partial charge is 0.491 e. The predicted octanol–water partition coefficient (Wildman–Crippen LogP) is 2.46. The van der Waals surface area contributed by atoms with E-state index in [0.29, 0.717) is 35.5 Å². The van der Waals surface area contributed by atoms with Crippen LogP contribution in [0.3, 0.4) is 0 Å². The lowest BCUT2D eigenvalue weighted by molar-refractivity contribution is 0.232. The molecule has 4 rings (SSSR count). The van der Waals surface area contributed by atoms with Crippen LogP contribution in [0.25, 0.3) is 0 Å². The van der Waals surface area contributed by atoms with Crippen LogP contribution in [0.5, 0.6) is 11.6 Å². The van der Waals surface area contributed by atoms with E-state index in [-0.39, 0.29) is 12.1 Å². The number of aliphatic imine (C=N–C) groups is 1. The zero-order valence-electron chi connectivity index (χ0n) is 17.3. The predicted molar refractivity (Wildman–Crippen MR) is 120 cm³/mol. The number of halogens is 1. The SMILES string of the molecule is CNCCOc1cnc(OC2C=CC3N=CNC(Nc4cnc(C)cn4)=C3C2)c(Cl)c1. The molecule has 0 saturated heterocycles. The fourth-order valence-corrected chi connectivity index (χ4v) is 3.39. The quantitative estimate of drug-likeness (QED) is 0.424. The summed E-state index contributed by atoms with van der Waals surface area (Å²) >= 11 is 6.36. The van der Waals surface area contributed by atoms with Gasteiger partial charge in [-0.1, -0.05) is 17.7 Å². The van der Waals surface area contributed by atoms with Gasteiger partial charge in [0.1, 0.15) is 35.1 Å². The Morgan fingerprint density at radius 3 is 2.87 bits per heavy atom. The lowest BCUT2D eigenvalue weighted by Gasteiger charge is -2.29. The lowest BCUT2D eigenvalue weighted by Crippen LogP contribution is -2.34. The van der Waals surface area contributed by atoms with Crippen molar-refractivity contribution in [2.45, 2.75) is 25.5 Å². The topological polar surface area (TPSA) is 106 Å². The van der Waals surface area contributed by atoms with Crippen molar-refractivity contribution < 1.29 is 9.47 Å². The average Bonchev–Trinajstić information content (AvgIpc) is 2.78. The summed E-state index contributed by atoms with van der Waals surface area (Å²) in [5, 5.41) is 9.87. The zero-order valence-corrected chi connectivity index (χ0v) is 18.1. The first-order chi connectivity index (χ1) is 15.1. The molecule has 0 amide bonds. The van der Waals surface area contributed by atoms with Crippen LogP contribution < -0.4 is 25.4 Å². The van der Waals surface area contributed by atoms with Gasteiger partial charge in [-0.25, -0.2) is 9.97 Å². The molecule has 0 aromatic carbocycles. The minimum absolute atomic E-state index is 0.0617. The van der Waals surface area contributed by atoms with Crippen LogP contribution in [-0.4, -0.2) is 53.6 Å². The van der Waals surface area contributed by atoms with Crippen LogP contribution in [0.2, 0.25) is 5.02 Å². The van der Waals surface area contributed by atoms with Gasteiger partial charge in [0.25, 0.3) is 0 Å². The first-order valence-corrected chi connectivity index (χ1v) is 10.3. The number of rotatable bonds is 8. The highest BCUT2D eigenvalue weighted by molar-refractivity contribution is 6.31. The monoisotopic (exact) mass is 441 g/mol. The summed E-state index contributed by atoms with van der Waals surface area (Å²) in [6.07, 6.45) is 11.1. The molecular formula is C21H24ClN7O2. The summed E-state index contributed by atoms with van der Waals surface area (Å²) in [5.74, 6) is 2.44. The second-order valence-corrected chi connectivity index (χ2v) is 7.50. The Morgan fingerprint density at radius 1 is 1.19 bits per heavy atom. The van der Waals surface area contributed by atoms with Gasteiger partial charge in [0, 0.05) is 24.6 Å². The molecule has 1 aliphatic carbocycles. The summed E-state index contributed by atoms with van der Waals surface area (Å²) in [4.78, 5) is 17.4. The first-order valence-electron chi connectivity index (χ1n) is 9.97. The third kappa shape index (κ3) is 5.31. The van der Waals surface area contributed by atoms with Gasteiger partial charge in [-0.05, 0) is 20.0 Å². The molecule has 2 atom stereocenters. The van der Waals surface area contributed by atoms with Gasteiger partial charge < -0.3 is 25.4 Å². The molecule has 0 bridgehead atoms. The average molecular weight is 442 g/mol. The van der Waals surface area contributed by atoms with E-state index in [1.165, 1.54) is 0 Å². The van der Waals surface area contributed by atoms with Gasteiger partial charge in [0.05, 0.1) is 36.7 Å². The zero-order chi connectivity index (χ0) is 21.6. The molecule has 3 heterocycles. The molecule has 0 spiro atoms. The van der Waals surface area contributed by atoms with Gasteiger partial charge in [0.15, 0.2) is 0 Å². The maximum absolute atomic E-state index is 6.36. The van der Waals surface area contributed by atoms with Crippen LogP contribution in [0.4, 0.5) is 5.82 Å². The molecule has 2 aliphatic rings. The summed E-state index contributed by atoms with van der Waals surface area (Å²) in [5.41, 5.74) is 1.91. The van der Waals surface area contributed by atoms with E-state index in [0.717, 1.165) is 23.6 Å². The Bertz CT molecular complexity index is 1010. The number of ether oxygens (including phenoxy) is 2. The van der Waals surface area contributed by atoms with Gasteiger partial charge >= 0.3 is 0 Å². The normalized spacial score (nSPS) is 19.6. The van der Waals surface area contributed by atoms with E-state index in [9.17, 15) is 0 Å². The second kappa shape index (κ2) is 9.76. The number of aromatic nitrogens is 3. The van der Waals surface area contributed by atoms with E-state index in [1.54, 1.807) is 31.0 Å². The molecule has 31 heavy (non-hydrogen) atoms. The lowest BCUT2D eigenvalue weighted by atomic mass is 9.93. The molecule has 2 unspecified atom stereocenters. The molecule has 1 aliphatic heterocycles. The Hall–Kier alpha value is -3.17.